The van der Waals surface area contributed by atoms with Gasteiger partial charge in [0.15, 0.2) is 0 Å². The van der Waals surface area contributed by atoms with E-state index in [1.165, 1.54) is 20.3 Å². The molecule has 0 fully saturated rings. The van der Waals surface area contributed by atoms with E-state index >= 15 is 0 Å². The molecule has 1 unspecified atom stereocenters. The molecule has 0 saturated heterocycles. The maximum Gasteiger partial charge on any atom is 0.0510 e. The van der Waals surface area contributed by atoms with Gasteiger partial charge >= 0.3 is 0 Å². The van der Waals surface area contributed by atoms with E-state index < -0.39 is 0 Å². The second-order valence-electron chi connectivity index (χ2n) is 4.37. The van der Waals surface area contributed by atoms with Crippen molar-refractivity contribution < 1.29 is 0 Å². The molecule has 0 spiro atoms. The highest BCUT2D eigenvalue weighted by molar-refractivity contribution is 14.1. The molecule has 2 nitrogen and oxygen atoms in total. The Morgan fingerprint density at radius 2 is 1.78 bits per heavy atom. The van der Waals surface area contributed by atoms with Crippen molar-refractivity contribution in [3.8, 4) is 0 Å². The van der Waals surface area contributed by atoms with Gasteiger partial charge in [-0.2, -0.15) is 0 Å². The van der Waals surface area contributed by atoms with Gasteiger partial charge < -0.3 is 0 Å². The Bertz CT molecular complexity index is 525. The lowest BCUT2D eigenvalue weighted by Crippen LogP contribution is -2.30. The summed E-state index contributed by atoms with van der Waals surface area (Å²) in [4.78, 5) is 0. The Balaban J connectivity index is 2.26. The van der Waals surface area contributed by atoms with Gasteiger partial charge in [0.05, 0.1) is 6.04 Å². The van der Waals surface area contributed by atoms with Crippen molar-refractivity contribution >= 4 is 22.6 Å². The van der Waals surface area contributed by atoms with E-state index in [1.807, 2.05) is 6.07 Å². The van der Waals surface area contributed by atoms with E-state index in [1.54, 1.807) is 0 Å². The summed E-state index contributed by atoms with van der Waals surface area (Å²) in [6, 6.07) is 16.9. The number of nitrogens with one attached hydrogen (secondary N) is 1. The topological polar surface area (TPSA) is 38.0 Å². The Kier molecular flexibility index (Phi) is 4.74. The third-order valence-electron chi connectivity index (χ3n) is 3.17. The van der Waals surface area contributed by atoms with Crippen LogP contribution in [-0.4, -0.2) is 0 Å². The zero-order valence-corrected chi connectivity index (χ0v) is 12.5. The van der Waals surface area contributed by atoms with Crippen LogP contribution in [0.15, 0.2) is 48.5 Å². The molecule has 2 aromatic carbocycles. The number of nitrogens with two attached hydrogens (primary N) is 1. The Morgan fingerprint density at radius 1 is 1.11 bits per heavy atom. The first-order chi connectivity index (χ1) is 8.72. The molecule has 0 aromatic heterocycles. The highest BCUT2D eigenvalue weighted by Crippen LogP contribution is 2.23. The Labute approximate surface area is 122 Å². The number of hydrogen-bond donors (Lipinski definition) is 2. The van der Waals surface area contributed by atoms with Crippen LogP contribution < -0.4 is 11.3 Å². The molecule has 0 radical (unpaired) electrons. The van der Waals surface area contributed by atoms with Crippen molar-refractivity contribution in [2.24, 2.45) is 5.84 Å². The third kappa shape index (κ3) is 3.10. The third-order valence-corrected chi connectivity index (χ3v) is 4.15. The molecule has 18 heavy (non-hydrogen) atoms. The molecule has 3 heteroatoms. The van der Waals surface area contributed by atoms with Crippen LogP contribution in [0.5, 0.6) is 0 Å². The number of halogens is 1. The van der Waals surface area contributed by atoms with Gasteiger partial charge in [0.25, 0.3) is 0 Å². The first kappa shape index (κ1) is 13.5. The minimum atomic E-state index is 0.152. The predicted molar refractivity (Wildman–Crippen MR) is 84.1 cm³/mol. The van der Waals surface area contributed by atoms with Gasteiger partial charge in [-0.15, -0.1) is 0 Å². The molecular weight excluding hydrogens is 335 g/mol. The lowest BCUT2D eigenvalue weighted by atomic mass is 9.97. The molecule has 1 atom stereocenters. The fraction of sp³-hybridized carbons (Fsp3) is 0.200. The minimum Gasteiger partial charge on any atom is -0.271 e. The molecule has 2 aromatic rings. The molecule has 3 N–H and O–H groups in total. The highest BCUT2D eigenvalue weighted by atomic mass is 127. The van der Waals surface area contributed by atoms with Crippen LogP contribution in [0.25, 0.3) is 0 Å². The van der Waals surface area contributed by atoms with Gasteiger partial charge in [-0.25, -0.2) is 0 Å². The average molecular weight is 352 g/mol. The zero-order chi connectivity index (χ0) is 13.0. The maximum atomic E-state index is 5.72. The molecule has 0 bridgehead atoms. The smallest absolute Gasteiger partial charge is 0.0510 e. The number of hydrogen-bond acceptors (Lipinski definition) is 2. The van der Waals surface area contributed by atoms with Crippen LogP contribution in [0.3, 0.4) is 0 Å². The molecular formula is C15H17IN2. The Morgan fingerprint density at radius 3 is 2.44 bits per heavy atom. The molecule has 0 saturated carbocycles. The summed E-state index contributed by atoms with van der Waals surface area (Å²) in [7, 11) is 0. The van der Waals surface area contributed by atoms with Gasteiger partial charge in [0.1, 0.15) is 0 Å². The van der Waals surface area contributed by atoms with Crippen LogP contribution >= 0.6 is 22.6 Å². The summed E-state index contributed by atoms with van der Waals surface area (Å²) < 4.78 is 1.24. The van der Waals surface area contributed by atoms with E-state index in [-0.39, 0.29) is 6.04 Å². The SMILES string of the molecule is Cc1ccccc1CC(NN)c1ccccc1I. The highest BCUT2D eigenvalue weighted by Gasteiger charge is 2.13. The zero-order valence-electron chi connectivity index (χ0n) is 10.4. The molecule has 94 valence electrons. The summed E-state index contributed by atoms with van der Waals surface area (Å²) in [6.07, 6.45) is 0.906. The average Bonchev–Trinajstić information content (AvgIpc) is 2.39. The Hall–Kier alpha value is -0.910. The lowest BCUT2D eigenvalue weighted by Gasteiger charge is -2.19. The van der Waals surface area contributed by atoms with Crippen molar-refractivity contribution in [2.45, 2.75) is 19.4 Å². The molecule has 0 heterocycles. The van der Waals surface area contributed by atoms with Crippen molar-refractivity contribution in [2.75, 3.05) is 0 Å². The van der Waals surface area contributed by atoms with Crippen LogP contribution in [-0.2, 0) is 6.42 Å². The predicted octanol–water partition coefficient (Wildman–Crippen LogP) is 3.35. The van der Waals surface area contributed by atoms with E-state index in [4.69, 9.17) is 5.84 Å². The second-order valence-corrected chi connectivity index (χ2v) is 5.53. The normalized spacial score (nSPS) is 12.4. The van der Waals surface area contributed by atoms with E-state index in [2.05, 4.69) is 77.4 Å². The number of rotatable bonds is 4. The van der Waals surface area contributed by atoms with Gasteiger partial charge in [0.2, 0.25) is 0 Å². The monoisotopic (exact) mass is 352 g/mol. The number of benzene rings is 2. The fourth-order valence-corrected chi connectivity index (χ4v) is 2.84. The van der Waals surface area contributed by atoms with Gasteiger partial charge in [-0.05, 0) is 58.7 Å². The number of hydrazine groups is 1. The molecule has 0 aliphatic heterocycles. The standard InChI is InChI=1S/C15H17IN2/c1-11-6-2-3-7-12(11)10-15(18-17)13-8-4-5-9-14(13)16/h2-9,15,18H,10,17H2,1H3. The van der Waals surface area contributed by atoms with Gasteiger partial charge in [0, 0.05) is 3.57 Å². The van der Waals surface area contributed by atoms with Crippen molar-refractivity contribution in [1.82, 2.24) is 5.43 Å². The summed E-state index contributed by atoms with van der Waals surface area (Å²) in [6.45, 7) is 2.14. The molecule has 2 rings (SSSR count). The molecule has 0 aliphatic carbocycles. The minimum absolute atomic E-state index is 0.152. The van der Waals surface area contributed by atoms with E-state index in [9.17, 15) is 0 Å². The van der Waals surface area contributed by atoms with E-state index in [0.717, 1.165) is 6.42 Å². The van der Waals surface area contributed by atoms with Crippen molar-refractivity contribution in [3.63, 3.8) is 0 Å². The van der Waals surface area contributed by atoms with Crippen LogP contribution in [0.1, 0.15) is 22.7 Å². The van der Waals surface area contributed by atoms with Crippen LogP contribution in [0.2, 0.25) is 0 Å². The number of aryl methyl sites for hydroxylation is 1. The van der Waals surface area contributed by atoms with E-state index in [0.29, 0.717) is 0 Å². The van der Waals surface area contributed by atoms with Gasteiger partial charge in [-0.1, -0.05) is 42.5 Å². The molecule has 0 aliphatic rings. The largest absolute Gasteiger partial charge is 0.271 e. The van der Waals surface area contributed by atoms with Crippen LogP contribution in [0, 0.1) is 10.5 Å². The van der Waals surface area contributed by atoms with Crippen molar-refractivity contribution in [3.05, 3.63) is 68.8 Å². The maximum absolute atomic E-state index is 5.72. The lowest BCUT2D eigenvalue weighted by molar-refractivity contribution is 0.548. The van der Waals surface area contributed by atoms with Crippen molar-refractivity contribution in [1.29, 1.82) is 0 Å². The second kappa shape index (κ2) is 6.31. The first-order valence-electron chi connectivity index (χ1n) is 5.97. The summed E-state index contributed by atoms with van der Waals surface area (Å²) in [5.41, 5.74) is 6.83. The summed E-state index contributed by atoms with van der Waals surface area (Å²) >= 11 is 2.35. The summed E-state index contributed by atoms with van der Waals surface area (Å²) in [5, 5.41) is 0. The van der Waals surface area contributed by atoms with Gasteiger partial charge in [-0.3, -0.25) is 11.3 Å². The quantitative estimate of drug-likeness (QED) is 0.503. The first-order valence-corrected chi connectivity index (χ1v) is 7.05. The fourth-order valence-electron chi connectivity index (χ4n) is 2.08. The summed E-state index contributed by atoms with van der Waals surface area (Å²) in [5.74, 6) is 5.72. The van der Waals surface area contributed by atoms with Crippen LogP contribution in [0.4, 0.5) is 0 Å². The molecule has 0 amide bonds.